The van der Waals surface area contributed by atoms with E-state index >= 15 is 0 Å². The van der Waals surface area contributed by atoms with Gasteiger partial charge in [0.1, 0.15) is 5.82 Å². The molecule has 1 aromatic rings. The van der Waals surface area contributed by atoms with Crippen molar-refractivity contribution in [2.45, 2.75) is 20.8 Å². The Morgan fingerprint density at radius 3 is 2.13 bits per heavy atom. The molecule has 15 heavy (non-hydrogen) atoms. The zero-order chi connectivity index (χ0) is 11.8. The molecule has 0 saturated carbocycles. The number of halogens is 1. The van der Waals surface area contributed by atoms with E-state index in [0.29, 0.717) is 5.56 Å². The summed E-state index contributed by atoms with van der Waals surface area (Å²) < 4.78 is 12.4. The molecule has 0 heterocycles. The lowest BCUT2D eigenvalue weighted by Crippen LogP contribution is -1.95. The van der Waals surface area contributed by atoms with Crippen LogP contribution in [0.2, 0.25) is 0 Å². The standard InChI is InChI=1S/C10H9FO2.C2H6/c1-7(10(12)13)6-8-2-4-9(11)5-3-8;1-2/h2-6H,1H3,(H,12,13);1-2H3/b7-6+;. The van der Waals surface area contributed by atoms with Gasteiger partial charge in [0.2, 0.25) is 0 Å². The fourth-order valence-electron chi connectivity index (χ4n) is 0.871. The third-order valence-corrected chi connectivity index (χ3v) is 1.59. The van der Waals surface area contributed by atoms with Crippen LogP contribution in [0.25, 0.3) is 6.08 Å². The van der Waals surface area contributed by atoms with Crippen molar-refractivity contribution >= 4 is 12.0 Å². The van der Waals surface area contributed by atoms with E-state index in [1.165, 1.54) is 37.3 Å². The van der Waals surface area contributed by atoms with Gasteiger partial charge in [0.15, 0.2) is 0 Å². The number of hydrogen-bond acceptors (Lipinski definition) is 1. The Balaban J connectivity index is 0.000000921. The first-order valence-corrected chi connectivity index (χ1v) is 4.77. The van der Waals surface area contributed by atoms with Gasteiger partial charge in [-0.2, -0.15) is 0 Å². The maximum Gasteiger partial charge on any atom is 0.331 e. The van der Waals surface area contributed by atoms with Gasteiger partial charge in [-0.05, 0) is 30.7 Å². The van der Waals surface area contributed by atoms with Gasteiger partial charge in [-0.3, -0.25) is 0 Å². The molecule has 1 rings (SSSR count). The lowest BCUT2D eigenvalue weighted by molar-refractivity contribution is -0.132. The molecule has 3 heteroatoms. The monoisotopic (exact) mass is 210 g/mol. The van der Waals surface area contributed by atoms with Crippen LogP contribution in [-0.2, 0) is 4.79 Å². The molecule has 0 fully saturated rings. The van der Waals surface area contributed by atoms with E-state index in [2.05, 4.69) is 0 Å². The average molecular weight is 210 g/mol. The summed E-state index contributed by atoms with van der Waals surface area (Å²) in [7, 11) is 0. The molecule has 0 aromatic heterocycles. The first kappa shape index (κ1) is 13.4. The van der Waals surface area contributed by atoms with Crippen molar-refractivity contribution in [3.05, 3.63) is 41.2 Å². The van der Waals surface area contributed by atoms with Crippen LogP contribution in [0.1, 0.15) is 26.3 Å². The third-order valence-electron chi connectivity index (χ3n) is 1.59. The Labute approximate surface area is 89.1 Å². The predicted octanol–water partition coefficient (Wildman–Crippen LogP) is 3.34. The van der Waals surface area contributed by atoms with Crippen molar-refractivity contribution < 1.29 is 14.3 Å². The number of carbonyl (C=O) groups is 1. The molecule has 0 aliphatic carbocycles. The van der Waals surface area contributed by atoms with E-state index in [9.17, 15) is 9.18 Å². The number of carboxylic acid groups (broad SMARTS) is 1. The summed E-state index contributed by atoms with van der Waals surface area (Å²) in [6, 6.07) is 5.64. The van der Waals surface area contributed by atoms with Crippen molar-refractivity contribution in [1.29, 1.82) is 0 Å². The Morgan fingerprint density at radius 1 is 1.27 bits per heavy atom. The summed E-state index contributed by atoms with van der Waals surface area (Å²) >= 11 is 0. The minimum absolute atomic E-state index is 0.228. The van der Waals surface area contributed by atoms with Crippen molar-refractivity contribution in [3.63, 3.8) is 0 Å². The SMILES string of the molecule is C/C(=C\c1ccc(F)cc1)C(=O)O.CC. The van der Waals surface area contributed by atoms with Gasteiger partial charge < -0.3 is 5.11 Å². The molecule has 0 atom stereocenters. The molecule has 2 nitrogen and oxygen atoms in total. The fraction of sp³-hybridized carbons (Fsp3) is 0.250. The zero-order valence-corrected chi connectivity index (χ0v) is 9.12. The highest BCUT2D eigenvalue weighted by Gasteiger charge is 1.99. The van der Waals surface area contributed by atoms with Gasteiger partial charge in [-0.25, -0.2) is 9.18 Å². The second-order valence-electron chi connectivity index (χ2n) is 2.68. The molecule has 0 bridgehead atoms. The highest BCUT2D eigenvalue weighted by molar-refractivity contribution is 5.91. The van der Waals surface area contributed by atoms with Gasteiger partial charge in [0.25, 0.3) is 0 Å². The molecule has 82 valence electrons. The maximum absolute atomic E-state index is 12.4. The molecule has 0 aliphatic heterocycles. The summed E-state index contributed by atoms with van der Waals surface area (Å²) in [4.78, 5) is 10.4. The quantitative estimate of drug-likeness (QED) is 0.760. The molecular formula is C12H15FO2. The van der Waals surface area contributed by atoms with Gasteiger partial charge >= 0.3 is 5.97 Å². The van der Waals surface area contributed by atoms with E-state index in [-0.39, 0.29) is 11.4 Å². The summed E-state index contributed by atoms with van der Waals surface area (Å²) in [5.74, 6) is -1.30. The van der Waals surface area contributed by atoms with Gasteiger partial charge in [0, 0.05) is 5.57 Å². The minimum Gasteiger partial charge on any atom is -0.478 e. The molecule has 0 unspecified atom stereocenters. The van der Waals surface area contributed by atoms with Crippen LogP contribution in [0, 0.1) is 5.82 Å². The number of rotatable bonds is 2. The molecule has 0 radical (unpaired) electrons. The van der Waals surface area contributed by atoms with Gasteiger partial charge in [-0.15, -0.1) is 0 Å². The van der Waals surface area contributed by atoms with Crippen LogP contribution in [0.3, 0.4) is 0 Å². The summed E-state index contributed by atoms with van der Waals surface area (Å²) in [5, 5.41) is 8.56. The third kappa shape index (κ3) is 4.96. The molecule has 0 amide bonds. The van der Waals surface area contributed by atoms with Gasteiger partial charge in [-0.1, -0.05) is 26.0 Å². The number of aliphatic carboxylic acids is 1. The highest BCUT2D eigenvalue weighted by atomic mass is 19.1. The largest absolute Gasteiger partial charge is 0.478 e. The van der Waals surface area contributed by atoms with Crippen molar-refractivity contribution in [2.24, 2.45) is 0 Å². The number of hydrogen-bond donors (Lipinski definition) is 1. The van der Waals surface area contributed by atoms with Crippen LogP contribution in [-0.4, -0.2) is 11.1 Å². The van der Waals surface area contributed by atoms with Crippen LogP contribution >= 0.6 is 0 Å². The molecule has 1 aromatic carbocycles. The van der Waals surface area contributed by atoms with E-state index in [4.69, 9.17) is 5.11 Å². The average Bonchev–Trinajstić information content (AvgIpc) is 2.24. The maximum atomic E-state index is 12.4. The van der Waals surface area contributed by atoms with Gasteiger partial charge in [0.05, 0.1) is 0 Å². The fourth-order valence-corrected chi connectivity index (χ4v) is 0.871. The lowest BCUT2D eigenvalue weighted by Gasteiger charge is -1.94. The van der Waals surface area contributed by atoms with Crippen LogP contribution in [0.4, 0.5) is 4.39 Å². The summed E-state index contributed by atoms with van der Waals surface area (Å²) in [6.07, 6.45) is 1.49. The van der Waals surface area contributed by atoms with Crippen molar-refractivity contribution in [1.82, 2.24) is 0 Å². The topological polar surface area (TPSA) is 37.3 Å². The van der Waals surface area contributed by atoms with Crippen molar-refractivity contribution in [2.75, 3.05) is 0 Å². The van der Waals surface area contributed by atoms with E-state index in [1.807, 2.05) is 13.8 Å². The first-order valence-electron chi connectivity index (χ1n) is 4.77. The van der Waals surface area contributed by atoms with Crippen LogP contribution in [0.5, 0.6) is 0 Å². The molecule has 0 spiro atoms. The predicted molar refractivity (Wildman–Crippen MR) is 59.0 cm³/mol. The highest BCUT2D eigenvalue weighted by Crippen LogP contribution is 2.07. The summed E-state index contributed by atoms with van der Waals surface area (Å²) in [6.45, 7) is 5.49. The van der Waals surface area contributed by atoms with E-state index in [1.54, 1.807) is 0 Å². The molecule has 0 saturated heterocycles. The number of benzene rings is 1. The normalized spacial score (nSPS) is 10.3. The first-order chi connectivity index (χ1) is 7.09. The van der Waals surface area contributed by atoms with Crippen LogP contribution < -0.4 is 0 Å². The second kappa shape index (κ2) is 6.76. The smallest absolute Gasteiger partial charge is 0.331 e. The molecule has 0 aliphatic rings. The molecule has 1 N–H and O–H groups in total. The zero-order valence-electron chi connectivity index (χ0n) is 9.12. The van der Waals surface area contributed by atoms with Crippen LogP contribution in [0.15, 0.2) is 29.8 Å². The summed E-state index contributed by atoms with van der Waals surface area (Å²) in [5.41, 5.74) is 0.910. The Bertz CT molecular complexity index is 339. The van der Waals surface area contributed by atoms with E-state index in [0.717, 1.165) is 0 Å². The second-order valence-corrected chi connectivity index (χ2v) is 2.68. The minimum atomic E-state index is -0.968. The lowest BCUT2D eigenvalue weighted by atomic mass is 10.1. The van der Waals surface area contributed by atoms with E-state index < -0.39 is 5.97 Å². The Kier molecular flexibility index (Phi) is 6.02. The molecular weight excluding hydrogens is 195 g/mol. The Hall–Kier alpha value is -1.64. The van der Waals surface area contributed by atoms with Crippen molar-refractivity contribution in [3.8, 4) is 0 Å². The number of carboxylic acids is 1. The Morgan fingerprint density at radius 2 is 1.73 bits per heavy atom.